The number of benzene rings is 2. The van der Waals surface area contributed by atoms with Crippen molar-refractivity contribution in [1.82, 2.24) is 10.2 Å². The van der Waals surface area contributed by atoms with Crippen LogP contribution in [-0.4, -0.2) is 50.5 Å². The maximum Gasteiger partial charge on any atom is 0.244 e. The molecule has 0 aliphatic heterocycles. The number of carbonyl (C=O) groups excluding carboxylic acids is 2. The number of halogens is 2. The van der Waals surface area contributed by atoms with Crippen LogP contribution in [0.1, 0.15) is 38.3 Å². The zero-order valence-electron chi connectivity index (χ0n) is 20.7. The lowest BCUT2D eigenvalue weighted by Crippen LogP contribution is -2.52. The Morgan fingerprint density at radius 1 is 1.06 bits per heavy atom. The van der Waals surface area contributed by atoms with E-state index in [1.807, 2.05) is 13.8 Å². The fourth-order valence-electron chi connectivity index (χ4n) is 3.50. The molecule has 192 valence electrons. The molecule has 2 rings (SSSR count). The lowest BCUT2D eigenvalue weighted by molar-refractivity contribution is -0.140. The molecule has 0 saturated heterocycles. The number of sulfonamides is 1. The lowest BCUT2D eigenvalue weighted by atomic mass is 10.1. The molecular weight excluding hydrogens is 509 g/mol. The fraction of sp³-hybridized carbons (Fsp3) is 0.440. The number of amides is 2. The molecule has 0 spiro atoms. The Labute approximate surface area is 218 Å². The van der Waals surface area contributed by atoms with Gasteiger partial charge in [0.25, 0.3) is 0 Å². The Bertz CT molecular complexity index is 1160. The molecule has 0 saturated carbocycles. The van der Waals surface area contributed by atoms with Crippen molar-refractivity contribution in [2.45, 2.75) is 46.7 Å². The first-order valence-corrected chi connectivity index (χ1v) is 14.0. The molecule has 0 unspecified atom stereocenters. The van der Waals surface area contributed by atoms with E-state index in [0.717, 1.165) is 16.1 Å². The second-order valence-electron chi connectivity index (χ2n) is 8.88. The molecule has 2 amide bonds. The molecule has 1 N–H and O–H groups in total. The van der Waals surface area contributed by atoms with E-state index in [0.29, 0.717) is 28.6 Å². The summed E-state index contributed by atoms with van der Waals surface area (Å²) in [5.41, 5.74) is 1.71. The second kappa shape index (κ2) is 12.6. The highest BCUT2D eigenvalue weighted by Gasteiger charge is 2.32. The number of rotatable bonds is 11. The Morgan fingerprint density at radius 3 is 2.26 bits per heavy atom. The van der Waals surface area contributed by atoms with Crippen LogP contribution in [0.5, 0.6) is 0 Å². The first kappa shape index (κ1) is 28.9. The summed E-state index contributed by atoms with van der Waals surface area (Å²) in [6, 6.07) is 11.0. The van der Waals surface area contributed by atoms with Gasteiger partial charge in [-0.25, -0.2) is 8.42 Å². The van der Waals surface area contributed by atoms with Crippen molar-refractivity contribution in [2.75, 3.05) is 23.7 Å². The molecule has 2 aromatic rings. The van der Waals surface area contributed by atoms with E-state index in [1.165, 1.54) is 11.0 Å². The number of nitrogens with one attached hydrogen (secondary N) is 1. The van der Waals surface area contributed by atoms with E-state index >= 15 is 0 Å². The minimum Gasteiger partial charge on any atom is -0.354 e. The Kier molecular flexibility index (Phi) is 10.4. The second-order valence-corrected chi connectivity index (χ2v) is 11.6. The summed E-state index contributed by atoms with van der Waals surface area (Å²) in [4.78, 5) is 28.1. The number of aryl methyl sites for hydroxylation is 1. The molecule has 0 aromatic heterocycles. The standard InChI is InChI=1S/C25H33Cl2N3O4S/c1-6-23(25(32)28-14-17(2)3)29(15-19-9-7-8-10-21(19)26)24(31)16-30(35(5,33)34)20-12-11-18(4)22(27)13-20/h7-13,17,23H,6,14-16H2,1-5H3,(H,28,32)/t23-/m0/s1. The summed E-state index contributed by atoms with van der Waals surface area (Å²) in [6.07, 6.45) is 1.37. The van der Waals surface area contributed by atoms with Gasteiger partial charge in [0.15, 0.2) is 0 Å². The molecule has 7 nitrogen and oxygen atoms in total. The third-order valence-electron chi connectivity index (χ3n) is 5.49. The largest absolute Gasteiger partial charge is 0.354 e. The predicted octanol–water partition coefficient (Wildman–Crippen LogP) is 4.65. The molecule has 10 heteroatoms. The van der Waals surface area contributed by atoms with Crippen LogP contribution in [0.2, 0.25) is 10.0 Å². The smallest absolute Gasteiger partial charge is 0.244 e. The van der Waals surface area contributed by atoms with Gasteiger partial charge in [-0.1, -0.05) is 68.2 Å². The van der Waals surface area contributed by atoms with Crippen LogP contribution >= 0.6 is 23.2 Å². The quantitative estimate of drug-likeness (QED) is 0.448. The Balaban J connectivity index is 2.45. The van der Waals surface area contributed by atoms with Gasteiger partial charge in [0.1, 0.15) is 12.6 Å². The van der Waals surface area contributed by atoms with E-state index in [1.54, 1.807) is 50.2 Å². The molecule has 0 radical (unpaired) electrons. The van der Waals surface area contributed by atoms with Gasteiger partial charge in [0.2, 0.25) is 21.8 Å². The van der Waals surface area contributed by atoms with Crippen molar-refractivity contribution in [3.63, 3.8) is 0 Å². The van der Waals surface area contributed by atoms with Crippen LogP contribution in [-0.2, 0) is 26.2 Å². The molecule has 35 heavy (non-hydrogen) atoms. The average molecular weight is 543 g/mol. The van der Waals surface area contributed by atoms with Crippen molar-refractivity contribution in [3.8, 4) is 0 Å². The van der Waals surface area contributed by atoms with Gasteiger partial charge in [-0.2, -0.15) is 0 Å². The monoisotopic (exact) mass is 541 g/mol. The van der Waals surface area contributed by atoms with Gasteiger partial charge in [0, 0.05) is 23.1 Å². The average Bonchev–Trinajstić information content (AvgIpc) is 2.78. The van der Waals surface area contributed by atoms with Crippen LogP contribution in [0.15, 0.2) is 42.5 Å². The third-order valence-corrected chi connectivity index (χ3v) is 7.41. The molecule has 0 fully saturated rings. The summed E-state index contributed by atoms with van der Waals surface area (Å²) in [5.74, 6) is -0.597. The van der Waals surface area contributed by atoms with Crippen molar-refractivity contribution in [1.29, 1.82) is 0 Å². The Hall–Kier alpha value is -2.29. The fourth-order valence-corrected chi connectivity index (χ4v) is 4.71. The molecule has 1 atom stereocenters. The summed E-state index contributed by atoms with van der Waals surface area (Å²) in [5, 5.41) is 3.72. The van der Waals surface area contributed by atoms with E-state index in [2.05, 4.69) is 5.32 Å². The summed E-state index contributed by atoms with van der Waals surface area (Å²) < 4.78 is 26.3. The highest BCUT2D eigenvalue weighted by atomic mass is 35.5. The number of hydrogen-bond donors (Lipinski definition) is 1. The molecule has 0 bridgehead atoms. The van der Waals surface area contributed by atoms with Crippen LogP contribution in [0.25, 0.3) is 0 Å². The highest BCUT2D eigenvalue weighted by Crippen LogP contribution is 2.26. The minimum atomic E-state index is -3.83. The first-order chi connectivity index (χ1) is 16.3. The van der Waals surface area contributed by atoms with Crippen LogP contribution in [0, 0.1) is 12.8 Å². The minimum absolute atomic E-state index is 0.0539. The van der Waals surface area contributed by atoms with Crippen molar-refractivity contribution in [2.24, 2.45) is 5.92 Å². The molecule has 0 aliphatic rings. The van der Waals surface area contributed by atoms with Crippen LogP contribution in [0.3, 0.4) is 0 Å². The first-order valence-electron chi connectivity index (χ1n) is 11.4. The molecular formula is C25H33Cl2N3O4S. The summed E-state index contributed by atoms with van der Waals surface area (Å²) in [7, 11) is -3.83. The molecule has 2 aromatic carbocycles. The zero-order chi connectivity index (χ0) is 26.3. The van der Waals surface area contributed by atoms with Gasteiger partial charge >= 0.3 is 0 Å². The van der Waals surface area contributed by atoms with E-state index < -0.39 is 28.5 Å². The Morgan fingerprint density at radius 2 is 1.71 bits per heavy atom. The highest BCUT2D eigenvalue weighted by molar-refractivity contribution is 7.92. The van der Waals surface area contributed by atoms with Crippen molar-refractivity contribution < 1.29 is 18.0 Å². The van der Waals surface area contributed by atoms with Crippen LogP contribution in [0.4, 0.5) is 5.69 Å². The van der Waals surface area contributed by atoms with Crippen molar-refractivity contribution in [3.05, 3.63) is 63.6 Å². The van der Waals surface area contributed by atoms with Gasteiger partial charge in [-0.3, -0.25) is 13.9 Å². The topological polar surface area (TPSA) is 86.8 Å². The summed E-state index contributed by atoms with van der Waals surface area (Å²) >= 11 is 12.6. The van der Waals surface area contributed by atoms with Crippen molar-refractivity contribution >= 4 is 50.7 Å². The lowest BCUT2D eigenvalue weighted by Gasteiger charge is -2.33. The van der Waals surface area contributed by atoms with E-state index in [9.17, 15) is 18.0 Å². The van der Waals surface area contributed by atoms with Gasteiger partial charge in [-0.15, -0.1) is 0 Å². The maximum absolute atomic E-state index is 13.6. The number of anilines is 1. The normalized spacial score (nSPS) is 12.3. The SMILES string of the molecule is CC[C@@H](C(=O)NCC(C)C)N(Cc1ccccc1Cl)C(=O)CN(c1ccc(C)c(Cl)c1)S(C)(=O)=O. The number of carbonyl (C=O) groups is 2. The number of nitrogens with zero attached hydrogens (tertiary/aromatic N) is 2. The van der Waals surface area contributed by atoms with E-state index in [-0.39, 0.29) is 24.1 Å². The van der Waals surface area contributed by atoms with E-state index in [4.69, 9.17) is 23.2 Å². The number of hydrogen-bond acceptors (Lipinski definition) is 4. The molecule has 0 aliphatic carbocycles. The van der Waals surface area contributed by atoms with Crippen LogP contribution < -0.4 is 9.62 Å². The third kappa shape index (κ3) is 8.12. The molecule has 0 heterocycles. The summed E-state index contributed by atoms with van der Waals surface area (Å²) in [6.45, 7) is 7.58. The van der Waals surface area contributed by atoms with Gasteiger partial charge in [-0.05, 0) is 48.6 Å². The maximum atomic E-state index is 13.6. The van der Waals surface area contributed by atoms with Gasteiger partial charge < -0.3 is 10.2 Å². The predicted molar refractivity (Wildman–Crippen MR) is 142 cm³/mol. The zero-order valence-corrected chi connectivity index (χ0v) is 23.0. The van der Waals surface area contributed by atoms with Gasteiger partial charge in [0.05, 0.1) is 11.9 Å².